The first-order valence-electron chi connectivity index (χ1n) is 5.81. The molecule has 0 heterocycles. The molecule has 1 nitrogen and oxygen atoms in total. The summed E-state index contributed by atoms with van der Waals surface area (Å²) in [7, 11) is 0. The summed E-state index contributed by atoms with van der Waals surface area (Å²) in [6.45, 7) is 5.31. The van der Waals surface area contributed by atoms with E-state index in [1.807, 2.05) is 0 Å². The fourth-order valence-electron chi connectivity index (χ4n) is 1.64. The van der Waals surface area contributed by atoms with Crippen molar-refractivity contribution in [1.29, 1.82) is 0 Å². The van der Waals surface area contributed by atoms with Gasteiger partial charge in [-0.1, -0.05) is 39.0 Å². The number of benzene rings is 1. The van der Waals surface area contributed by atoms with Crippen molar-refractivity contribution in [2.24, 2.45) is 5.41 Å². The predicted octanol–water partition coefficient (Wildman–Crippen LogP) is 4.25. The number of carbonyl (C=O) groups is 1. The van der Waals surface area contributed by atoms with E-state index in [0.717, 1.165) is 6.07 Å². The maximum absolute atomic E-state index is 12.7. The Labute approximate surface area is 105 Å². The number of ketones is 1. The molecular weight excluding hydrogens is 241 g/mol. The van der Waals surface area contributed by atoms with Crippen molar-refractivity contribution in [1.82, 2.24) is 0 Å². The van der Waals surface area contributed by atoms with E-state index >= 15 is 0 Å². The van der Waals surface area contributed by atoms with Gasteiger partial charge in [0.1, 0.15) is 5.78 Å². The van der Waals surface area contributed by atoms with E-state index in [0.29, 0.717) is 0 Å². The summed E-state index contributed by atoms with van der Waals surface area (Å²) in [5, 5.41) is 0. The van der Waals surface area contributed by atoms with Crippen LogP contribution in [0.25, 0.3) is 0 Å². The summed E-state index contributed by atoms with van der Waals surface area (Å²) >= 11 is 0. The van der Waals surface area contributed by atoms with Crippen LogP contribution in [0.1, 0.15) is 38.3 Å². The Balaban J connectivity index is 2.84. The molecule has 0 fully saturated rings. The highest BCUT2D eigenvalue weighted by Gasteiger charge is 2.33. The normalized spacial score (nSPS) is 12.6. The second kappa shape index (κ2) is 5.12. The van der Waals surface area contributed by atoms with Crippen LogP contribution in [0.2, 0.25) is 0 Å². The summed E-state index contributed by atoms with van der Waals surface area (Å²) in [6.07, 6.45) is -4.09. The van der Waals surface area contributed by atoms with Gasteiger partial charge < -0.3 is 0 Å². The number of rotatable bonds is 3. The minimum absolute atomic E-state index is 0.0283. The molecule has 0 aromatic heterocycles. The van der Waals surface area contributed by atoms with Crippen molar-refractivity contribution in [3.05, 3.63) is 35.4 Å². The zero-order valence-electron chi connectivity index (χ0n) is 10.8. The van der Waals surface area contributed by atoms with Crippen molar-refractivity contribution in [2.45, 2.75) is 39.8 Å². The summed E-state index contributed by atoms with van der Waals surface area (Å²) in [5.74, 6) is -0.0283. The third-order valence-corrected chi connectivity index (χ3v) is 2.78. The van der Waals surface area contributed by atoms with Gasteiger partial charge in [0.2, 0.25) is 0 Å². The van der Waals surface area contributed by atoms with Crippen LogP contribution < -0.4 is 0 Å². The monoisotopic (exact) mass is 258 g/mol. The maximum Gasteiger partial charge on any atom is 0.416 e. The molecule has 18 heavy (non-hydrogen) atoms. The number of hydrogen-bond acceptors (Lipinski definition) is 1. The van der Waals surface area contributed by atoms with Crippen LogP contribution in [-0.4, -0.2) is 5.78 Å². The number of aryl methyl sites for hydroxylation is 1. The smallest absolute Gasteiger partial charge is 0.299 e. The summed E-state index contributed by atoms with van der Waals surface area (Å²) in [4.78, 5) is 11.7. The molecule has 0 aliphatic carbocycles. The number of halogens is 3. The lowest BCUT2D eigenvalue weighted by molar-refractivity contribution is -0.138. The summed E-state index contributed by atoms with van der Waals surface area (Å²) < 4.78 is 38.2. The molecule has 0 amide bonds. The molecule has 1 rings (SSSR count). The first-order chi connectivity index (χ1) is 8.12. The van der Waals surface area contributed by atoms with E-state index in [9.17, 15) is 18.0 Å². The highest BCUT2D eigenvalue weighted by Crippen LogP contribution is 2.32. The van der Waals surface area contributed by atoms with Gasteiger partial charge in [0.25, 0.3) is 0 Å². The van der Waals surface area contributed by atoms with Gasteiger partial charge in [-0.15, -0.1) is 0 Å². The van der Waals surface area contributed by atoms with Gasteiger partial charge in [-0.05, 0) is 18.1 Å². The molecule has 1 aromatic carbocycles. The lowest BCUT2D eigenvalue weighted by Crippen LogP contribution is -2.21. The lowest BCUT2D eigenvalue weighted by Gasteiger charge is -2.17. The molecule has 0 spiro atoms. The molecule has 0 unspecified atom stereocenters. The largest absolute Gasteiger partial charge is 0.416 e. The van der Waals surface area contributed by atoms with Gasteiger partial charge >= 0.3 is 6.18 Å². The van der Waals surface area contributed by atoms with E-state index < -0.39 is 17.2 Å². The lowest BCUT2D eigenvalue weighted by atomic mass is 9.87. The summed E-state index contributed by atoms with van der Waals surface area (Å²) in [6, 6.07) is 5.40. The Hall–Kier alpha value is -1.32. The Morgan fingerprint density at radius 2 is 1.67 bits per heavy atom. The molecule has 0 radical (unpaired) electrons. The minimum Gasteiger partial charge on any atom is -0.299 e. The van der Waals surface area contributed by atoms with E-state index in [-0.39, 0.29) is 24.2 Å². The van der Waals surface area contributed by atoms with Gasteiger partial charge in [0.15, 0.2) is 0 Å². The highest BCUT2D eigenvalue weighted by atomic mass is 19.4. The quantitative estimate of drug-likeness (QED) is 0.792. The molecule has 0 N–H and O–H groups in total. The molecule has 0 atom stereocenters. The molecule has 100 valence electrons. The van der Waals surface area contributed by atoms with Crippen LogP contribution in [0, 0.1) is 5.41 Å². The van der Waals surface area contributed by atoms with Crippen molar-refractivity contribution >= 4 is 5.78 Å². The van der Waals surface area contributed by atoms with Crippen LogP contribution in [0.4, 0.5) is 13.2 Å². The van der Waals surface area contributed by atoms with Gasteiger partial charge in [0, 0.05) is 11.8 Å². The van der Waals surface area contributed by atoms with E-state index in [2.05, 4.69) is 0 Å². The van der Waals surface area contributed by atoms with Crippen LogP contribution in [0.3, 0.4) is 0 Å². The number of alkyl halides is 3. The number of hydrogen-bond donors (Lipinski definition) is 0. The van der Waals surface area contributed by atoms with Crippen molar-refractivity contribution in [3.63, 3.8) is 0 Å². The van der Waals surface area contributed by atoms with E-state index in [1.165, 1.54) is 12.1 Å². The average molecular weight is 258 g/mol. The molecule has 0 bridgehead atoms. The topological polar surface area (TPSA) is 17.1 Å². The molecule has 1 aromatic rings. The Bertz CT molecular complexity index is 427. The van der Waals surface area contributed by atoms with Crippen LogP contribution in [0.15, 0.2) is 24.3 Å². The first-order valence-corrected chi connectivity index (χ1v) is 5.81. The second-order valence-electron chi connectivity index (χ2n) is 5.33. The van der Waals surface area contributed by atoms with Crippen LogP contribution >= 0.6 is 0 Å². The van der Waals surface area contributed by atoms with Crippen molar-refractivity contribution in [3.8, 4) is 0 Å². The number of carbonyl (C=O) groups excluding carboxylic acids is 1. The maximum atomic E-state index is 12.7. The molecule has 0 saturated carbocycles. The molecule has 0 saturated heterocycles. The highest BCUT2D eigenvalue weighted by molar-refractivity contribution is 5.83. The van der Waals surface area contributed by atoms with Crippen molar-refractivity contribution < 1.29 is 18.0 Å². The Morgan fingerprint density at radius 3 is 2.17 bits per heavy atom. The van der Waals surface area contributed by atoms with Gasteiger partial charge in [-0.2, -0.15) is 13.2 Å². The molecule has 0 aliphatic heterocycles. The molecule has 0 aliphatic rings. The fourth-order valence-corrected chi connectivity index (χ4v) is 1.64. The fraction of sp³-hybridized carbons (Fsp3) is 0.500. The third kappa shape index (κ3) is 3.86. The second-order valence-corrected chi connectivity index (χ2v) is 5.33. The zero-order valence-corrected chi connectivity index (χ0v) is 10.8. The van der Waals surface area contributed by atoms with Crippen LogP contribution in [0.5, 0.6) is 0 Å². The average Bonchev–Trinajstić information content (AvgIpc) is 2.23. The Morgan fingerprint density at radius 1 is 1.11 bits per heavy atom. The summed E-state index contributed by atoms with van der Waals surface area (Å²) in [5.41, 5.74) is -0.970. The minimum atomic E-state index is -4.36. The third-order valence-electron chi connectivity index (χ3n) is 2.78. The van der Waals surface area contributed by atoms with E-state index in [4.69, 9.17) is 0 Å². The van der Waals surface area contributed by atoms with Gasteiger partial charge in [0.05, 0.1) is 5.56 Å². The van der Waals surface area contributed by atoms with Crippen LogP contribution in [-0.2, 0) is 17.4 Å². The Kier molecular flexibility index (Phi) is 4.20. The molecule has 4 heteroatoms. The van der Waals surface area contributed by atoms with E-state index in [1.54, 1.807) is 26.8 Å². The standard InChI is InChI=1S/C14H17F3O/c1-13(2,3)12(18)9-8-10-6-4-5-7-11(10)14(15,16)17/h4-7H,8-9H2,1-3H3. The first kappa shape index (κ1) is 14.7. The number of Topliss-reactive ketones (excluding diaryl/α,β-unsaturated/α-hetero) is 1. The van der Waals surface area contributed by atoms with Crippen molar-refractivity contribution in [2.75, 3.05) is 0 Å². The predicted molar refractivity (Wildman–Crippen MR) is 64.2 cm³/mol. The molecular formula is C14H17F3O. The van der Waals surface area contributed by atoms with Gasteiger partial charge in [-0.3, -0.25) is 4.79 Å². The zero-order chi connectivity index (χ0) is 14.0. The van der Waals surface area contributed by atoms with Gasteiger partial charge in [-0.25, -0.2) is 0 Å². The SMILES string of the molecule is CC(C)(C)C(=O)CCc1ccccc1C(F)(F)F.